The third kappa shape index (κ3) is 2.13. The zero-order valence-electron chi connectivity index (χ0n) is 8.69. The van der Waals surface area contributed by atoms with Crippen LogP contribution in [0.2, 0.25) is 0 Å². The summed E-state index contributed by atoms with van der Waals surface area (Å²) in [6, 6.07) is 5.41. The molecule has 1 N–H and O–H groups in total. The molecule has 15 heavy (non-hydrogen) atoms. The minimum atomic E-state index is 0.175. The van der Waals surface area contributed by atoms with Gasteiger partial charge in [0.05, 0.1) is 20.3 Å². The van der Waals surface area contributed by atoms with E-state index in [0.717, 1.165) is 18.6 Å². The van der Waals surface area contributed by atoms with Crippen molar-refractivity contribution in [1.29, 1.82) is 0 Å². The summed E-state index contributed by atoms with van der Waals surface area (Å²) in [6.45, 7) is 1.42. The number of ether oxygens (including phenoxy) is 2. The highest BCUT2D eigenvalue weighted by Gasteiger charge is 2.09. The van der Waals surface area contributed by atoms with Crippen molar-refractivity contribution in [3.8, 4) is 11.5 Å². The Bertz CT molecular complexity index is 382. The quantitative estimate of drug-likeness (QED) is 0.806. The molecule has 0 aliphatic carbocycles. The van der Waals surface area contributed by atoms with E-state index in [4.69, 9.17) is 9.47 Å². The van der Waals surface area contributed by atoms with E-state index in [2.05, 4.69) is 6.08 Å². The van der Waals surface area contributed by atoms with Gasteiger partial charge in [-0.2, -0.15) is 0 Å². The van der Waals surface area contributed by atoms with Gasteiger partial charge in [0, 0.05) is 0 Å². The summed E-state index contributed by atoms with van der Waals surface area (Å²) in [5, 5.41) is 9.46. The van der Waals surface area contributed by atoms with Crippen molar-refractivity contribution in [3.05, 3.63) is 29.8 Å². The second-order valence-electron chi connectivity index (χ2n) is 3.44. The number of hydrogen-bond donors (Lipinski definition) is 1. The average molecular weight is 206 g/mol. The Morgan fingerprint density at radius 1 is 1.40 bits per heavy atom. The number of rotatable bonds is 2. The molecule has 1 aliphatic heterocycles. The molecule has 1 aromatic carbocycles. The average Bonchev–Trinajstić information content (AvgIpc) is 2.31. The van der Waals surface area contributed by atoms with Crippen molar-refractivity contribution in [2.45, 2.75) is 6.42 Å². The summed E-state index contributed by atoms with van der Waals surface area (Å²) in [7, 11) is 1.55. The first-order chi connectivity index (χ1) is 7.31. The molecule has 0 amide bonds. The highest BCUT2D eigenvalue weighted by Crippen LogP contribution is 2.31. The van der Waals surface area contributed by atoms with Gasteiger partial charge in [-0.25, -0.2) is 0 Å². The summed E-state index contributed by atoms with van der Waals surface area (Å²) in [5.41, 5.74) is 2.34. The molecule has 0 fully saturated rings. The van der Waals surface area contributed by atoms with Crippen molar-refractivity contribution in [2.75, 3.05) is 20.3 Å². The van der Waals surface area contributed by atoms with E-state index in [0.29, 0.717) is 12.4 Å². The SMILES string of the molecule is COc1cc(C2=CCOCC2)ccc1O. The highest BCUT2D eigenvalue weighted by molar-refractivity contribution is 5.68. The monoisotopic (exact) mass is 206 g/mol. The molecule has 3 nitrogen and oxygen atoms in total. The molecule has 0 atom stereocenters. The van der Waals surface area contributed by atoms with E-state index in [9.17, 15) is 5.11 Å². The van der Waals surface area contributed by atoms with Gasteiger partial charge in [-0.15, -0.1) is 0 Å². The Labute approximate surface area is 88.9 Å². The molecule has 0 saturated carbocycles. The van der Waals surface area contributed by atoms with Crippen LogP contribution in [-0.4, -0.2) is 25.4 Å². The van der Waals surface area contributed by atoms with Crippen LogP contribution in [0.4, 0.5) is 0 Å². The summed E-state index contributed by atoms with van der Waals surface area (Å²) in [5.74, 6) is 0.689. The maximum absolute atomic E-state index is 9.46. The molecule has 1 aromatic rings. The molecule has 0 bridgehead atoms. The van der Waals surface area contributed by atoms with Crippen LogP contribution >= 0.6 is 0 Å². The van der Waals surface area contributed by atoms with Crippen molar-refractivity contribution in [2.24, 2.45) is 0 Å². The van der Waals surface area contributed by atoms with Crippen molar-refractivity contribution in [1.82, 2.24) is 0 Å². The molecule has 3 heteroatoms. The first-order valence-electron chi connectivity index (χ1n) is 4.95. The fourth-order valence-electron chi connectivity index (χ4n) is 1.67. The molecule has 0 aromatic heterocycles. The van der Waals surface area contributed by atoms with Crippen LogP contribution in [0.5, 0.6) is 11.5 Å². The molecule has 2 rings (SSSR count). The normalized spacial score (nSPS) is 15.9. The smallest absolute Gasteiger partial charge is 0.161 e. The molecule has 0 spiro atoms. The molecule has 0 unspecified atom stereocenters. The maximum Gasteiger partial charge on any atom is 0.161 e. The minimum Gasteiger partial charge on any atom is -0.504 e. The summed E-state index contributed by atoms with van der Waals surface area (Å²) in [6.07, 6.45) is 2.98. The van der Waals surface area contributed by atoms with E-state index in [1.54, 1.807) is 13.2 Å². The Hall–Kier alpha value is -1.48. The standard InChI is InChI=1S/C12H14O3/c1-14-12-8-10(2-3-11(12)13)9-4-6-15-7-5-9/h2-4,8,13H,5-7H2,1H3. The molecular weight excluding hydrogens is 192 g/mol. The van der Waals surface area contributed by atoms with Gasteiger partial charge < -0.3 is 14.6 Å². The predicted octanol–water partition coefficient (Wildman–Crippen LogP) is 2.20. The van der Waals surface area contributed by atoms with Gasteiger partial charge in [-0.3, -0.25) is 0 Å². The first kappa shape index (κ1) is 10.1. The van der Waals surface area contributed by atoms with Gasteiger partial charge in [-0.1, -0.05) is 12.1 Å². The van der Waals surface area contributed by atoms with Crippen LogP contribution in [0.25, 0.3) is 5.57 Å². The number of aromatic hydroxyl groups is 1. The number of phenols is 1. The second kappa shape index (κ2) is 4.36. The van der Waals surface area contributed by atoms with Gasteiger partial charge in [0.2, 0.25) is 0 Å². The van der Waals surface area contributed by atoms with E-state index in [1.807, 2.05) is 12.1 Å². The van der Waals surface area contributed by atoms with E-state index < -0.39 is 0 Å². The van der Waals surface area contributed by atoms with Crippen molar-refractivity contribution >= 4 is 5.57 Å². The lowest BCUT2D eigenvalue weighted by Crippen LogP contribution is -2.03. The summed E-state index contributed by atoms with van der Waals surface area (Å²) < 4.78 is 10.3. The third-order valence-electron chi connectivity index (χ3n) is 2.51. The van der Waals surface area contributed by atoms with E-state index >= 15 is 0 Å². The van der Waals surface area contributed by atoms with Crippen LogP contribution in [0, 0.1) is 0 Å². The van der Waals surface area contributed by atoms with Gasteiger partial charge in [0.1, 0.15) is 0 Å². The number of hydrogen-bond acceptors (Lipinski definition) is 3. The lowest BCUT2D eigenvalue weighted by atomic mass is 10.0. The lowest BCUT2D eigenvalue weighted by Gasteiger charge is -2.14. The third-order valence-corrected chi connectivity index (χ3v) is 2.51. The fraction of sp³-hybridized carbons (Fsp3) is 0.333. The first-order valence-corrected chi connectivity index (χ1v) is 4.95. The largest absolute Gasteiger partial charge is 0.504 e. The fourth-order valence-corrected chi connectivity index (χ4v) is 1.67. The molecule has 80 valence electrons. The van der Waals surface area contributed by atoms with Crippen LogP contribution in [-0.2, 0) is 4.74 Å². The summed E-state index contributed by atoms with van der Waals surface area (Å²) >= 11 is 0. The predicted molar refractivity (Wildman–Crippen MR) is 58.1 cm³/mol. The van der Waals surface area contributed by atoms with Crippen molar-refractivity contribution in [3.63, 3.8) is 0 Å². The lowest BCUT2D eigenvalue weighted by molar-refractivity contribution is 0.161. The Kier molecular flexibility index (Phi) is 2.92. The van der Waals surface area contributed by atoms with Crippen LogP contribution in [0.15, 0.2) is 24.3 Å². The Balaban J connectivity index is 2.32. The van der Waals surface area contributed by atoms with Gasteiger partial charge in [0.25, 0.3) is 0 Å². The van der Waals surface area contributed by atoms with E-state index in [-0.39, 0.29) is 5.75 Å². The van der Waals surface area contributed by atoms with Crippen LogP contribution in [0.1, 0.15) is 12.0 Å². The zero-order valence-corrected chi connectivity index (χ0v) is 8.69. The minimum absolute atomic E-state index is 0.175. The Morgan fingerprint density at radius 3 is 2.93 bits per heavy atom. The topological polar surface area (TPSA) is 38.7 Å². The molecule has 0 saturated heterocycles. The molecule has 1 aliphatic rings. The van der Waals surface area contributed by atoms with Gasteiger partial charge >= 0.3 is 0 Å². The Morgan fingerprint density at radius 2 is 2.27 bits per heavy atom. The number of methoxy groups -OCH3 is 1. The maximum atomic E-state index is 9.46. The second-order valence-corrected chi connectivity index (χ2v) is 3.44. The zero-order chi connectivity index (χ0) is 10.7. The van der Waals surface area contributed by atoms with Gasteiger partial charge in [-0.05, 0) is 29.7 Å². The van der Waals surface area contributed by atoms with Crippen molar-refractivity contribution < 1.29 is 14.6 Å². The summed E-state index contributed by atoms with van der Waals surface area (Å²) in [4.78, 5) is 0. The van der Waals surface area contributed by atoms with Crippen LogP contribution < -0.4 is 4.74 Å². The molecule has 1 heterocycles. The number of phenolic OH excluding ortho intramolecular Hbond substituents is 1. The highest BCUT2D eigenvalue weighted by atomic mass is 16.5. The van der Waals surface area contributed by atoms with E-state index in [1.165, 1.54) is 5.57 Å². The van der Waals surface area contributed by atoms with Gasteiger partial charge in [0.15, 0.2) is 11.5 Å². The van der Waals surface area contributed by atoms with Crippen LogP contribution in [0.3, 0.4) is 0 Å². The molecule has 0 radical (unpaired) electrons. The molecular formula is C12H14O3. The number of benzene rings is 1.